The molecular weight excluding hydrogens is 137 g/mol. The molecule has 64 valence electrons. The minimum Gasteiger partial charge on any atom is -0.350 e. The maximum atomic E-state index is 5.89. The predicted molar refractivity (Wildman–Crippen MR) is 49.2 cm³/mol. The highest BCUT2D eigenvalue weighted by molar-refractivity contribution is 6.04. The summed E-state index contributed by atoms with van der Waals surface area (Å²) >= 11 is 0. The Balaban J connectivity index is 4.10. The van der Waals surface area contributed by atoms with Crippen molar-refractivity contribution in [3.8, 4) is 0 Å². The summed E-state index contributed by atoms with van der Waals surface area (Å²) in [5.41, 5.74) is 11.0. The van der Waals surface area contributed by atoms with Gasteiger partial charge in [-0.15, -0.1) is 0 Å². The first kappa shape index (κ1) is 10.9. The Labute approximate surface area is 70.5 Å². The fourth-order valence-electron chi connectivity index (χ4n) is 0.823. The standard InChI is InChI=1S/C7H18BN3/c1-4-11(8)6(2)7(3,10)5-9/h6H,4-5,9-10H2,1-3H3. The van der Waals surface area contributed by atoms with Crippen LogP contribution in [-0.2, 0) is 0 Å². The molecule has 0 aliphatic heterocycles. The van der Waals surface area contributed by atoms with Gasteiger partial charge in [-0.05, 0) is 20.4 Å². The fraction of sp³-hybridized carbons (Fsp3) is 1.00. The van der Waals surface area contributed by atoms with Gasteiger partial charge in [0.1, 0.15) is 0 Å². The summed E-state index contributed by atoms with van der Waals surface area (Å²) in [7, 11) is 5.68. The van der Waals surface area contributed by atoms with E-state index in [0.717, 1.165) is 6.54 Å². The van der Waals surface area contributed by atoms with E-state index < -0.39 is 5.54 Å². The minimum atomic E-state index is -0.398. The molecule has 0 fully saturated rings. The van der Waals surface area contributed by atoms with Crippen molar-refractivity contribution in [2.45, 2.75) is 32.4 Å². The third-order valence-corrected chi connectivity index (χ3v) is 2.26. The number of hydrogen-bond donors (Lipinski definition) is 2. The Morgan fingerprint density at radius 3 is 2.36 bits per heavy atom. The molecule has 2 radical (unpaired) electrons. The molecule has 4 heteroatoms. The molecule has 0 aliphatic carbocycles. The lowest BCUT2D eigenvalue weighted by atomic mass is 9.92. The van der Waals surface area contributed by atoms with E-state index in [2.05, 4.69) is 0 Å². The van der Waals surface area contributed by atoms with E-state index in [0.29, 0.717) is 6.54 Å². The van der Waals surface area contributed by atoms with Gasteiger partial charge in [0.15, 0.2) is 7.98 Å². The van der Waals surface area contributed by atoms with Gasteiger partial charge in [-0.3, -0.25) is 0 Å². The van der Waals surface area contributed by atoms with E-state index in [1.165, 1.54) is 0 Å². The summed E-state index contributed by atoms with van der Waals surface area (Å²) in [6, 6.07) is 0.109. The monoisotopic (exact) mass is 155 g/mol. The predicted octanol–water partition coefficient (Wildman–Crippen LogP) is -0.544. The Bertz CT molecular complexity index is 116. The Morgan fingerprint density at radius 1 is 1.64 bits per heavy atom. The summed E-state index contributed by atoms with van der Waals surface area (Å²) in [6.45, 7) is 7.11. The Hall–Kier alpha value is -0.0551. The van der Waals surface area contributed by atoms with Crippen LogP contribution in [0, 0.1) is 0 Å². The van der Waals surface area contributed by atoms with Crippen molar-refractivity contribution < 1.29 is 0 Å². The lowest BCUT2D eigenvalue weighted by molar-refractivity contribution is 0.249. The van der Waals surface area contributed by atoms with Crippen LogP contribution >= 0.6 is 0 Å². The first-order valence-electron chi connectivity index (χ1n) is 3.96. The highest BCUT2D eigenvalue weighted by Crippen LogP contribution is 2.09. The smallest absolute Gasteiger partial charge is 0.182 e. The van der Waals surface area contributed by atoms with Crippen molar-refractivity contribution >= 4 is 7.98 Å². The maximum Gasteiger partial charge on any atom is 0.182 e. The lowest BCUT2D eigenvalue weighted by Crippen LogP contribution is -2.58. The van der Waals surface area contributed by atoms with E-state index in [-0.39, 0.29) is 6.04 Å². The van der Waals surface area contributed by atoms with Crippen LogP contribution in [0.25, 0.3) is 0 Å². The molecule has 0 heterocycles. The van der Waals surface area contributed by atoms with Crippen molar-refractivity contribution in [3.05, 3.63) is 0 Å². The van der Waals surface area contributed by atoms with E-state index in [1.807, 2.05) is 20.8 Å². The average molecular weight is 155 g/mol. The van der Waals surface area contributed by atoms with Crippen molar-refractivity contribution in [1.82, 2.24) is 4.81 Å². The maximum absolute atomic E-state index is 5.89. The molecule has 0 aromatic rings. The summed E-state index contributed by atoms with van der Waals surface area (Å²) in [6.07, 6.45) is 0. The van der Waals surface area contributed by atoms with Crippen LogP contribution in [-0.4, -0.2) is 37.5 Å². The molecule has 0 saturated carbocycles. The first-order chi connectivity index (χ1) is 4.95. The molecule has 0 saturated heterocycles. The molecule has 0 amide bonds. The molecule has 2 atom stereocenters. The van der Waals surface area contributed by atoms with Crippen molar-refractivity contribution in [2.75, 3.05) is 13.1 Å². The average Bonchev–Trinajstić information content (AvgIpc) is 2.01. The number of hydrogen-bond acceptors (Lipinski definition) is 3. The van der Waals surface area contributed by atoms with E-state index >= 15 is 0 Å². The van der Waals surface area contributed by atoms with Crippen molar-refractivity contribution in [2.24, 2.45) is 11.5 Å². The molecule has 0 spiro atoms. The zero-order valence-corrected chi connectivity index (χ0v) is 7.67. The molecule has 3 nitrogen and oxygen atoms in total. The second-order valence-electron chi connectivity index (χ2n) is 3.22. The van der Waals surface area contributed by atoms with Crippen LogP contribution in [0.1, 0.15) is 20.8 Å². The van der Waals surface area contributed by atoms with Gasteiger partial charge >= 0.3 is 0 Å². The van der Waals surface area contributed by atoms with Gasteiger partial charge in [0.2, 0.25) is 0 Å². The van der Waals surface area contributed by atoms with Gasteiger partial charge in [0.05, 0.1) is 0 Å². The van der Waals surface area contributed by atoms with Crippen LogP contribution < -0.4 is 11.5 Å². The summed E-state index contributed by atoms with van der Waals surface area (Å²) < 4.78 is 0. The minimum absolute atomic E-state index is 0.109. The zero-order chi connectivity index (χ0) is 9.07. The molecule has 0 aromatic heterocycles. The van der Waals surface area contributed by atoms with Gasteiger partial charge in [0, 0.05) is 18.1 Å². The molecule has 2 unspecified atom stereocenters. The summed E-state index contributed by atoms with van der Waals surface area (Å²) in [5, 5.41) is 0. The highest BCUT2D eigenvalue weighted by atomic mass is 15.1. The first-order valence-corrected chi connectivity index (χ1v) is 3.96. The zero-order valence-electron chi connectivity index (χ0n) is 7.67. The van der Waals surface area contributed by atoms with Gasteiger partial charge < -0.3 is 16.3 Å². The number of likely N-dealkylation sites (N-methyl/N-ethyl adjacent to an activating group) is 1. The van der Waals surface area contributed by atoms with Crippen LogP contribution in [0.5, 0.6) is 0 Å². The molecule has 4 N–H and O–H groups in total. The highest BCUT2D eigenvalue weighted by Gasteiger charge is 2.26. The Morgan fingerprint density at radius 2 is 2.09 bits per heavy atom. The van der Waals surface area contributed by atoms with Gasteiger partial charge in [-0.1, -0.05) is 6.92 Å². The fourth-order valence-corrected chi connectivity index (χ4v) is 0.823. The Kier molecular flexibility index (Phi) is 4.07. The van der Waals surface area contributed by atoms with Gasteiger partial charge in [-0.2, -0.15) is 0 Å². The van der Waals surface area contributed by atoms with E-state index in [1.54, 1.807) is 4.81 Å². The molecule has 11 heavy (non-hydrogen) atoms. The SMILES string of the molecule is [B]N(CC)C(C)C(C)(N)CN. The molecular formula is C7H18BN3. The third kappa shape index (κ3) is 2.81. The van der Waals surface area contributed by atoms with Crippen molar-refractivity contribution in [1.29, 1.82) is 0 Å². The van der Waals surface area contributed by atoms with E-state index in [4.69, 9.17) is 19.4 Å². The third-order valence-electron chi connectivity index (χ3n) is 2.26. The number of nitrogens with zero attached hydrogens (tertiary/aromatic N) is 1. The van der Waals surface area contributed by atoms with Crippen LogP contribution in [0.3, 0.4) is 0 Å². The van der Waals surface area contributed by atoms with Crippen LogP contribution in [0.4, 0.5) is 0 Å². The second kappa shape index (κ2) is 4.09. The molecule has 0 rings (SSSR count). The molecule has 0 aromatic carbocycles. The number of rotatable bonds is 4. The van der Waals surface area contributed by atoms with Crippen molar-refractivity contribution in [3.63, 3.8) is 0 Å². The topological polar surface area (TPSA) is 55.3 Å². The van der Waals surface area contributed by atoms with Crippen LogP contribution in [0.15, 0.2) is 0 Å². The summed E-state index contributed by atoms with van der Waals surface area (Å²) in [5.74, 6) is 0. The van der Waals surface area contributed by atoms with E-state index in [9.17, 15) is 0 Å². The van der Waals surface area contributed by atoms with Crippen LogP contribution in [0.2, 0.25) is 0 Å². The lowest BCUT2D eigenvalue weighted by Gasteiger charge is -2.37. The molecule has 0 aliphatic rings. The second-order valence-corrected chi connectivity index (χ2v) is 3.22. The normalized spacial score (nSPS) is 19.8. The summed E-state index contributed by atoms with van der Waals surface area (Å²) in [4.78, 5) is 1.70. The van der Waals surface area contributed by atoms with Gasteiger partial charge in [-0.25, -0.2) is 0 Å². The molecule has 0 bridgehead atoms. The largest absolute Gasteiger partial charge is 0.350 e. The quantitative estimate of drug-likeness (QED) is 0.536. The van der Waals surface area contributed by atoms with Gasteiger partial charge in [0.25, 0.3) is 0 Å². The number of nitrogens with two attached hydrogens (primary N) is 2.